The molecule has 0 aliphatic carbocycles. The Morgan fingerprint density at radius 3 is 3.07 bits per heavy atom. The van der Waals surface area contributed by atoms with Crippen molar-refractivity contribution in [2.24, 2.45) is 0 Å². The molecule has 0 spiro atoms. The summed E-state index contributed by atoms with van der Waals surface area (Å²) < 4.78 is 7.01. The Morgan fingerprint density at radius 2 is 2.26 bits per heavy atom. The fourth-order valence-electron chi connectivity index (χ4n) is 3.75. The van der Waals surface area contributed by atoms with Crippen LogP contribution >= 0.6 is 0 Å². The number of benzene rings is 1. The first-order valence-corrected chi connectivity index (χ1v) is 9.28. The third-order valence-electron chi connectivity index (χ3n) is 5.18. The average molecular weight is 368 g/mol. The number of carbonyl (C=O) groups excluding carboxylic acids is 1. The summed E-state index contributed by atoms with van der Waals surface area (Å²) in [6, 6.07) is 9.61. The lowest BCUT2D eigenvalue weighted by molar-refractivity contribution is 0.0700. The lowest BCUT2D eigenvalue weighted by atomic mass is 9.95. The van der Waals surface area contributed by atoms with Crippen molar-refractivity contribution in [1.82, 2.24) is 19.7 Å². The highest BCUT2D eigenvalue weighted by atomic mass is 16.5. The number of aliphatic hydroxyl groups is 1. The Morgan fingerprint density at radius 1 is 1.37 bits per heavy atom. The molecule has 4 rings (SSSR count). The van der Waals surface area contributed by atoms with Crippen LogP contribution in [-0.2, 0) is 6.54 Å². The van der Waals surface area contributed by atoms with Gasteiger partial charge in [-0.1, -0.05) is 0 Å². The molecule has 1 aromatic carbocycles. The van der Waals surface area contributed by atoms with E-state index in [-0.39, 0.29) is 18.4 Å². The van der Waals surface area contributed by atoms with E-state index in [1.54, 1.807) is 11.8 Å². The van der Waals surface area contributed by atoms with Gasteiger partial charge in [0.2, 0.25) is 0 Å². The van der Waals surface area contributed by atoms with E-state index in [1.165, 1.54) is 0 Å². The van der Waals surface area contributed by atoms with Gasteiger partial charge in [-0.15, -0.1) is 0 Å². The second-order valence-electron chi connectivity index (χ2n) is 6.95. The number of fused-ring (bicyclic) bond motifs is 1. The number of nitrogens with zero attached hydrogens (tertiary/aromatic N) is 3. The maximum Gasteiger partial charge on any atom is 0.270 e. The third kappa shape index (κ3) is 3.55. The van der Waals surface area contributed by atoms with Crippen molar-refractivity contribution in [3.63, 3.8) is 0 Å². The molecule has 0 unspecified atom stereocenters. The maximum atomic E-state index is 13.0. The predicted molar refractivity (Wildman–Crippen MR) is 102 cm³/mol. The van der Waals surface area contributed by atoms with E-state index in [9.17, 15) is 4.79 Å². The second kappa shape index (κ2) is 7.44. The molecule has 1 aliphatic rings. The van der Waals surface area contributed by atoms with Crippen LogP contribution in [0.1, 0.15) is 34.9 Å². The first-order valence-electron chi connectivity index (χ1n) is 9.28. The van der Waals surface area contributed by atoms with Crippen LogP contribution in [0.4, 0.5) is 0 Å². The van der Waals surface area contributed by atoms with E-state index in [4.69, 9.17) is 9.84 Å². The molecule has 0 bridgehead atoms. The van der Waals surface area contributed by atoms with Crippen LogP contribution in [-0.4, -0.2) is 57.5 Å². The molecule has 1 amide bonds. The smallest absolute Gasteiger partial charge is 0.270 e. The fraction of sp³-hybridized carbons (Fsp3) is 0.400. The number of piperidine rings is 1. The number of ether oxygens (including phenoxy) is 1. The summed E-state index contributed by atoms with van der Waals surface area (Å²) in [5.41, 5.74) is 2.52. The molecule has 27 heavy (non-hydrogen) atoms. The largest absolute Gasteiger partial charge is 0.497 e. The molecule has 1 aliphatic heterocycles. The minimum Gasteiger partial charge on any atom is -0.497 e. The summed E-state index contributed by atoms with van der Waals surface area (Å²) in [7, 11) is 1.63. The zero-order valence-corrected chi connectivity index (χ0v) is 15.4. The number of H-pyrrole nitrogens is 1. The van der Waals surface area contributed by atoms with Crippen molar-refractivity contribution in [1.29, 1.82) is 0 Å². The minimum absolute atomic E-state index is 0.0182. The molecule has 3 heterocycles. The molecule has 0 radical (unpaired) electrons. The Balaban J connectivity index is 1.51. The van der Waals surface area contributed by atoms with E-state index < -0.39 is 0 Å². The number of aliphatic hydroxyl groups excluding tert-OH is 1. The van der Waals surface area contributed by atoms with Crippen molar-refractivity contribution >= 4 is 16.8 Å². The van der Waals surface area contributed by atoms with Gasteiger partial charge in [0, 0.05) is 36.1 Å². The van der Waals surface area contributed by atoms with E-state index in [0.29, 0.717) is 18.8 Å². The molecular formula is C20H24N4O3. The zero-order chi connectivity index (χ0) is 18.8. The normalized spacial score (nSPS) is 17.4. The third-order valence-corrected chi connectivity index (χ3v) is 5.18. The van der Waals surface area contributed by atoms with Gasteiger partial charge >= 0.3 is 0 Å². The molecule has 2 aromatic heterocycles. The molecule has 2 N–H and O–H groups in total. The van der Waals surface area contributed by atoms with Gasteiger partial charge in [0.05, 0.1) is 26.0 Å². The van der Waals surface area contributed by atoms with Gasteiger partial charge in [-0.25, -0.2) is 0 Å². The molecule has 142 valence electrons. The first-order chi connectivity index (χ1) is 13.2. The molecule has 1 fully saturated rings. The fourth-order valence-corrected chi connectivity index (χ4v) is 3.75. The summed E-state index contributed by atoms with van der Waals surface area (Å²) in [5, 5.41) is 14.6. The van der Waals surface area contributed by atoms with Crippen LogP contribution in [0.3, 0.4) is 0 Å². The summed E-state index contributed by atoms with van der Waals surface area (Å²) >= 11 is 0. The molecule has 7 nitrogen and oxygen atoms in total. The van der Waals surface area contributed by atoms with Gasteiger partial charge in [-0.3, -0.25) is 9.48 Å². The molecule has 3 aromatic rings. The summed E-state index contributed by atoms with van der Waals surface area (Å²) in [6.07, 6.45) is 3.86. The minimum atomic E-state index is 0.0182. The second-order valence-corrected chi connectivity index (χ2v) is 6.95. The summed E-state index contributed by atoms with van der Waals surface area (Å²) in [5.74, 6) is 1.02. The van der Waals surface area contributed by atoms with Gasteiger partial charge in [0.1, 0.15) is 11.4 Å². The number of hydrogen-bond acceptors (Lipinski definition) is 4. The topological polar surface area (TPSA) is 83.4 Å². The number of likely N-dealkylation sites (tertiary alicyclic amines) is 1. The van der Waals surface area contributed by atoms with Crippen molar-refractivity contribution in [3.8, 4) is 5.75 Å². The number of rotatable bonds is 5. The van der Waals surface area contributed by atoms with Crippen molar-refractivity contribution in [3.05, 3.63) is 47.9 Å². The number of amides is 1. The maximum absolute atomic E-state index is 13.0. The molecular weight excluding hydrogens is 344 g/mol. The van der Waals surface area contributed by atoms with Crippen molar-refractivity contribution in [2.75, 3.05) is 26.8 Å². The van der Waals surface area contributed by atoms with E-state index in [0.717, 1.165) is 41.7 Å². The van der Waals surface area contributed by atoms with Crippen LogP contribution in [0.25, 0.3) is 10.9 Å². The van der Waals surface area contributed by atoms with Crippen molar-refractivity contribution in [2.45, 2.75) is 25.3 Å². The van der Waals surface area contributed by atoms with E-state index in [2.05, 4.69) is 10.1 Å². The lowest BCUT2D eigenvalue weighted by Gasteiger charge is -2.31. The molecule has 1 atom stereocenters. The van der Waals surface area contributed by atoms with Crippen LogP contribution in [0, 0.1) is 0 Å². The highest BCUT2D eigenvalue weighted by Gasteiger charge is 2.27. The quantitative estimate of drug-likeness (QED) is 0.724. The lowest BCUT2D eigenvalue weighted by Crippen LogP contribution is -2.39. The average Bonchev–Trinajstić information content (AvgIpc) is 3.34. The molecule has 0 saturated carbocycles. The Hall–Kier alpha value is -2.80. The van der Waals surface area contributed by atoms with E-state index in [1.807, 2.05) is 41.4 Å². The Kier molecular flexibility index (Phi) is 4.85. The summed E-state index contributed by atoms with van der Waals surface area (Å²) in [4.78, 5) is 18.1. The van der Waals surface area contributed by atoms with E-state index >= 15 is 0 Å². The highest BCUT2D eigenvalue weighted by Crippen LogP contribution is 2.28. The number of nitrogens with one attached hydrogen (secondary N) is 1. The summed E-state index contributed by atoms with van der Waals surface area (Å²) in [6.45, 7) is 1.98. The highest BCUT2D eigenvalue weighted by molar-refractivity contribution is 5.98. The number of hydrogen-bond donors (Lipinski definition) is 2. The number of aromatic amines is 1. The van der Waals surface area contributed by atoms with Gasteiger partial charge in [0.25, 0.3) is 5.91 Å². The van der Waals surface area contributed by atoms with Gasteiger partial charge < -0.3 is 19.7 Å². The van der Waals surface area contributed by atoms with Crippen molar-refractivity contribution < 1.29 is 14.6 Å². The monoisotopic (exact) mass is 368 g/mol. The van der Waals surface area contributed by atoms with Crippen LogP contribution in [0.5, 0.6) is 5.75 Å². The standard InChI is InChI=1S/C20H24N4O3/c1-27-16-4-5-17-15(11-16)12-19(21-17)20(26)23-7-2-3-14(13-23)18-6-8-24(22-18)9-10-25/h4-6,8,11-12,14,21,25H,2-3,7,9-10,13H2,1H3/t14-/m0/s1. The number of aromatic nitrogens is 3. The predicted octanol–water partition coefficient (Wildman–Crippen LogP) is 2.39. The van der Waals surface area contributed by atoms with Gasteiger partial charge in [0.15, 0.2) is 0 Å². The van der Waals surface area contributed by atoms with Crippen LogP contribution in [0.15, 0.2) is 36.5 Å². The number of methoxy groups -OCH3 is 1. The molecule has 1 saturated heterocycles. The zero-order valence-electron chi connectivity index (χ0n) is 15.4. The van der Waals surface area contributed by atoms with Crippen LogP contribution in [0.2, 0.25) is 0 Å². The van der Waals surface area contributed by atoms with Gasteiger partial charge in [-0.05, 0) is 43.2 Å². The first kappa shape index (κ1) is 17.6. The SMILES string of the molecule is COc1ccc2[nH]c(C(=O)N3CCC[C@H](c4ccn(CCO)n4)C3)cc2c1. The Bertz CT molecular complexity index is 946. The Labute approximate surface area is 157 Å². The molecule has 7 heteroatoms. The number of carbonyl (C=O) groups is 1. The van der Waals surface area contributed by atoms with Gasteiger partial charge in [-0.2, -0.15) is 5.10 Å². The van der Waals surface area contributed by atoms with Crippen LogP contribution < -0.4 is 4.74 Å².